The summed E-state index contributed by atoms with van der Waals surface area (Å²) < 4.78 is 6.08. The molecule has 0 saturated heterocycles. The molecule has 2 aromatic rings. The van der Waals surface area contributed by atoms with Crippen LogP contribution in [0, 0.1) is 0 Å². The molecule has 0 fully saturated rings. The Morgan fingerprint density at radius 1 is 1.29 bits per heavy atom. The zero-order chi connectivity index (χ0) is 15.4. The lowest BCUT2D eigenvalue weighted by atomic mass is 10.1. The van der Waals surface area contributed by atoms with Crippen LogP contribution in [0.1, 0.15) is 10.5 Å². The second kappa shape index (κ2) is 6.12. The minimum atomic E-state index is -0.606. The van der Waals surface area contributed by atoms with Crippen molar-refractivity contribution in [2.45, 2.75) is 6.54 Å². The molecule has 0 atom stereocenters. The van der Waals surface area contributed by atoms with Crippen LogP contribution in [0.3, 0.4) is 0 Å². The van der Waals surface area contributed by atoms with Crippen LogP contribution in [0.15, 0.2) is 24.5 Å². The number of amides is 1. The third-order valence-corrected chi connectivity index (χ3v) is 2.85. The molecule has 0 aliphatic rings. The van der Waals surface area contributed by atoms with Crippen LogP contribution in [0.2, 0.25) is 0 Å². The summed E-state index contributed by atoms with van der Waals surface area (Å²) in [6.07, 6.45) is 3.17. The number of carbonyl (C=O) groups excluding carboxylic acids is 2. The molecule has 2 heterocycles. The van der Waals surface area contributed by atoms with Gasteiger partial charge in [-0.05, 0) is 12.1 Å². The number of rotatable bonds is 4. The van der Waals surface area contributed by atoms with Crippen molar-refractivity contribution >= 4 is 11.9 Å². The quantitative estimate of drug-likeness (QED) is 0.748. The lowest BCUT2D eigenvalue weighted by molar-refractivity contribution is -0.129. The van der Waals surface area contributed by atoms with Gasteiger partial charge >= 0.3 is 5.97 Å². The summed E-state index contributed by atoms with van der Waals surface area (Å²) in [5.41, 5.74) is 1.18. The Bertz CT molecular complexity index is 651. The first-order chi connectivity index (χ1) is 10.0. The van der Waals surface area contributed by atoms with Gasteiger partial charge in [-0.3, -0.25) is 9.78 Å². The van der Waals surface area contributed by atoms with Crippen molar-refractivity contribution in [3.8, 4) is 11.3 Å². The van der Waals surface area contributed by atoms with Gasteiger partial charge in [0, 0.05) is 32.1 Å². The van der Waals surface area contributed by atoms with Gasteiger partial charge in [0.05, 0.1) is 7.11 Å². The highest BCUT2D eigenvalue weighted by molar-refractivity contribution is 5.94. The summed E-state index contributed by atoms with van der Waals surface area (Å²) in [6.45, 7) is -0.0192. The zero-order valence-electron chi connectivity index (χ0n) is 12.0. The first-order valence-corrected chi connectivity index (χ1v) is 6.17. The molecule has 21 heavy (non-hydrogen) atoms. The number of pyridine rings is 1. The molecule has 8 heteroatoms. The van der Waals surface area contributed by atoms with Crippen molar-refractivity contribution in [1.82, 2.24) is 24.9 Å². The van der Waals surface area contributed by atoms with Gasteiger partial charge in [0.2, 0.25) is 5.91 Å². The first-order valence-electron chi connectivity index (χ1n) is 6.17. The molecule has 2 aromatic heterocycles. The fraction of sp³-hybridized carbons (Fsp3) is 0.308. The molecule has 110 valence electrons. The van der Waals surface area contributed by atoms with Crippen LogP contribution in [0.5, 0.6) is 0 Å². The summed E-state index contributed by atoms with van der Waals surface area (Å²) >= 11 is 0. The van der Waals surface area contributed by atoms with E-state index in [0.717, 1.165) is 0 Å². The highest BCUT2D eigenvalue weighted by atomic mass is 16.5. The van der Waals surface area contributed by atoms with E-state index in [1.807, 2.05) is 0 Å². The monoisotopic (exact) mass is 289 g/mol. The second-order valence-corrected chi connectivity index (χ2v) is 4.46. The minimum Gasteiger partial charge on any atom is -0.464 e. The topological polar surface area (TPSA) is 90.2 Å². The molecule has 0 bridgehead atoms. The third-order valence-electron chi connectivity index (χ3n) is 2.85. The van der Waals surface area contributed by atoms with Gasteiger partial charge in [0.15, 0.2) is 5.69 Å². The van der Waals surface area contributed by atoms with Gasteiger partial charge in [0.1, 0.15) is 12.2 Å². The SMILES string of the molecule is COC(=O)c1nnn(CC(=O)N(C)C)c1-c1ccncc1. The fourth-order valence-electron chi connectivity index (χ4n) is 1.72. The van der Waals surface area contributed by atoms with Crippen LogP contribution >= 0.6 is 0 Å². The lowest BCUT2D eigenvalue weighted by Crippen LogP contribution is -2.27. The Kier molecular flexibility index (Phi) is 4.27. The van der Waals surface area contributed by atoms with Crippen molar-refractivity contribution in [3.05, 3.63) is 30.2 Å². The van der Waals surface area contributed by atoms with E-state index in [1.165, 1.54) is 16.7 Å². The number of hydrogen-bond acceptors (Lipinski definition) is 6. The van der Waals surface area contributed by atoms with E-state index < -0.39 is 5.97 Å². The Labute approximate surface area is 121 Å². The Morgan fingerprint density at radius 3 is 2.52 bits per heavy atom. The van der Waals surface area contributed by atoms with Gasteiger partial charge < -0.3 is 9.64 Å². The molecule has 2 rings (SSSR count). The minimum absolute atomic E-state index is 0.0192. The number of carbonyl (C=O) groups is 2. The molecule has 0 aliphatic heterocycles. The molecule has 0 radical (unpaired) electrons. The maximum absolute atomic E-state index is 11.9. The summed E-state index contributed by atoms with van der Waals surface area (Å²) in [5, 5.41) is 7.70. The average molecular weight is 289 g/mol. The molecule has 0 aliphatic carbocycles. The van der Waals surface area contributed by atoms with Crippen molar-refractivity contribution in [1.29, 1.82) is 0 Å². The van der Waals surface area contributed by atoms with E-state index in [4.69, 9.17) is 4.74 Å². The first kappa shape index (κ1) is 14.6. The van der Waals surface area contributed by atoms with E-state index in [-0.39, 0.29) is 18.1 Å². The zero-order valence-corrected chi connectivity index (χ0v) is 12.0. The normalized spacial score (nSPS) is 10.2. The number of aromatic nitrogens is 4. The fourth-order valence-corrected chi connectivity index (χ4v) is 1.72. The van der Waals surface area contributed by atoms with Gasteiger partial charge in [-0.15, -0.1) is 5.10 Å². The number of nitrogens with zero attached hydrogens (tertiary/aromatic N) is 5. The highest BCUT2D eigenvalue weighted by Crippen LogP contribution is 2.22. The molecule has 0 aromatic carbocycles. The maximum Gasteiger partial charge on any atom is 0.360 e. The molecular formula is C13H15N5O3. The van der Waals surface area contributed by atoms with Gasteiger partial charge in [-0.2, -0.15) is 0 Å². The molecule has 0 unspecified atom stereocenters. The number of methoxy groups -OCH3 is 1. The number of likely N-dealkylation sites (N-methyl/N-ethyl adjacent to an activating group) is 1. The number of esters is 1. The van der Waals surface area contributed by atoms with Crippen molar-refractivity contribution < 1.29 is 14.3 Å². The number of ether oxygens (including phenoxy) is 1. The average Bonchev–Trinajstić information content (AvgIpc) is 2.90. The highest BCUT2D eigenvalue weighted by Gasteiger charge is 2.23. The molecule has 1 amide bonds. The van der Waals surface area contributed by atoms with Crippen LogP contribution < -0.4 is 0 Å². The van der Waals surface area contributed by atoms with Crippen LogP contribution in [0.4, 0.5) is 0 Å². The molecule has 0 saturated carbocycles. The van der Waals surface area contributed by atoms with E-state index in [9.17, 15) is 9.59 Å². The van der Waals surface area contributed by atoms with E-state index in [2.05, 4.69) is 15.3 Å². The lowest BCUT2D eigenvalue weighted by Gasteiger charge is -2.11. The predicted octanol–water partition coefficient (Wildman–Crippen LogP) is 0.215. The van der Waals surface area contributed by atoms with Crippen LogP contribution in [-0.2, 0) is 16.1 Å². The summed E-state index contributed by atoms with van der Waals surface area (Å²) in [4.78, 5) is 29.0. The van der Waals surface area contributed by atoms with E-state index >= 15 is 0 Å². The van der Waals surface area contributed by atoms with Crippen LogP contribution in [0.25, 0.3) is 11.3 Å². The maximum atomic E-state index is 11.9. The Hall–Kier alpha value is -2.77. The summed E-state index contributed by atoms with van der Waals surface area (Å²) in [7, 11) is 4.56. The summed E-state index contributed by atoms with van der Waals surface area (Å²) in [6, 6.07) is 3.42. The Morgan fingerprint density at radius 2 is 1.95 bits per heavy atom. The smallest absolute Gasteiger partial charge is 0.360 e. The molecule has 0 N–H and O–H groups in total. The standard InChI is InChI=1S/C13H15N5O3/c1-17(2)10(19)8-18-12(9-4-6-14-7-5-9)11(15-16-18)13(20)21-3/h4-7H,8H2,1-3H3. The molecule has 8 nitrogen and oxygen atoms in total. The van der Waals surface area contributed by atoms with Crippen molar-refractivity contribution in [3.63, 3.8) is 0 Å². The van der Waals surface area contributed by atoms with Crippen molar-refractivity contribution in [2.75, 3.05) is 21.2 Å². The van der Waals surface area contributed by atoms with Gasteiger partial charge in [0.25, 0.3) is 0 Å². The van der Waals surface area contributed by atoms with E-state index in [1.54, 1.807) is 38.6 Å². The molecular weight excluding hydrogens is 274 g/mol. The van der Waals surface area contributed by atoms with Crippen LogP contribution in [-0.4, -0.2) is 58.0 Å². The number of hydrogen-bond donors (Lipinski definition) is 0. The largest absolute Gasteiger partial charge is 0.464 e. The summed E-state index contributed by atoms with van der Waals surface area (Å²) in [5.74, 6) is -0.767. The van der Waals surface area contributed by atoms with Crippen molar-refractivity contribution in [2.24, 2.45) is 0 Å². The predicted molar refractivity (Wildman–Crippen MR) is 73.3 cm³/mol. The Balaban J connectivity index is 2.49. The molecule has 0 spiro atoms. The third kappa shape index (κ3) is 3.04. The van der Waals surface area contributed by atoms with Gasteiger partial charge in [-0.1, -0.05) is 5.21 Å². The van der Waals surface area contributed by atoms with Gasteiger partial charge in [-0.25, -0.2) is 9.48 Å². The van der Waals surface area contributed by atoms with E-state index in [0.29, 0.717) is 11.3 Å². The second-order valence-electron chi connectivity index (χ2n) is 4.46.